The number of carbonyl (C=O) groups is 2. The lowest BCUT2D eigenvalue weighted by atomic mass is 10.1. The van der Waals surface area contributed by atoms with Crippen LogP contribution in [0.15, 0.2) is 53.8 Å². The number of hydrogen-bond acceptors (Lipinski definition) is 4. The number of rotatable bonds is 10. The predicted octanol–water partition coefficient (Wildman–Crippen LogP) is 4.86. The highest BCUT2D eigenvalue weighted by molar-refractivity contribution is 7.99. The predicted molar refractivity (Wildman–Crippen MR) is 150 cm³/mol. The van der Waals surface area contributed by atoms with Gasteiger partial charge in [-0.05, 0) is 65.1 Å². The van der Waals surface area contributed by atoms with E-state index in [0.717, 1.165) is 54.6 Å². The van der Waals surface area contributed by atoms with Gasteiger partial charge in [0.1, 0.15) is 0 Å². The van der Waals surface area contributed by atoms with Crippen molar-refractivity contribution in [1.82, 2.24) is 20.1 Å². The lowest BCUT2D eigenvalue weighted by Crippen LogP contribution is -2.47. The summed E-state index contributed by atoms with van der Waals surface area (Å²) in [5.41, 5.74) is 5.00. The van der Waals surface area contributed by atoms with Crippen molar-refractivity contribution >= 4 is 29.7 Å². The molecular weight excluding hydrogens is 456 g/mol. The largest absolute Gasteiger partial charge is 0.358 e. The molecule has 0 radical (unpaired) electrons. The Morgan fingerprint density at radius 2 is 1.77 bits per heavy atom. The topological polar surface area (TPSA) is 68.4 Å². The van der Waals surface area contributed by atoms with Crippen LogP contribution in [-0.2, 0) is 4.79 Å². The van der Waals surface area contributed by atoms with E-state index in [2.05, 4.69) is 34.4 Å². The zero-order valence-corrected chi connectivity index (χ0v) is 22.8. The second-order valence-corrected chi connectivity index (χ2v) is 9.64. The molecule has 2 N–H and O–H groups in total. The van der Waals surface area contributed by atoms with Crippen molar-refractivity contribution in [2.24, 2.45) is 0 Å². The quantitative estimate of drug-likeness (QED) is 0.276. The Kier molecular flexibility index (Phi) is 11.9. The number of thioether (sulfide) groups is 1. The molecule has 1 aliphatic heterocycles. The van der Waals surface area contributed by atoms with E-state index in [1.165, 1.54) is 5.57 Å². The molecule has 0 aliphatic carbocycles. The number of allylic oxidation sites excluding steroid dienone is 4. The minimum atomic E-state index is -0.189. The van der Waals surface area contributed by atoms with Crippen LogP contribution in [0.1, 0.15) is 48.1 Å². The molecule has 7 heteroatoms. The molecule has 1 fully saturated rings. The molecule has 2 heterocycles. The summed E-state index contributed by atoms with van der Waals surface area (Å²) in [5.74, 6) is 1.57. The monoisotopic (exact) mass is 496 g/mol. The number of aromatic nitrogens is 1. The first-order chi connectivity index (χ1) is 16.8. The fraction of sp³-hybridized carbons (Fsp3) is 0.429. The Balaban J connectivity index is 2.23. The lowest BCUT2D eigenvalue weighted by molar-refractivity contribution is -0.116. The number of piperazine rings is 1. The molecule has 1 saturated heterocycles. The van der Waals surface area contributed by atoms with Crippen molar-refractivity contribution in [2.75, 3.05) is 44.7 Å². The van der Waals surface area contributed by atoms with Crippen LogP contribution < -0.4 is 5.32 Å². The number of likely N-dealkylation sites (N-methyl/N-ethyl adjacent to an activating group) is 1. The SMILES string of the molecule is C/C=C\C(=C/C)CSC/C=C/C(=C/c1[nH]c(C)c(C(=O)N2CCN(C)CC2)c1C)C(=O)N/C=C/C. The van der Waals surface area contributed by atoms with Gasteiger partial charge in [0.15, 0.2) is 0 Å². The normalized spacial score (nSPS) is 16.2. The van der Waals surface area contributed by atoms with Gasteiger partial charge in [0, 0.05) is 54.6 Å². The van der Waals surface area contributed by atoms with Crippen molar-refractivity contribution in [1.29, 1.82) is 0 Å². The number of amides is 2. The van der Waals surface area contributed by atoms with Gasteiger partial charge in [-0.3, -0.25) is 9.59 Å². The van der Waals surface area contributed by atoms with E-state index in [-0.39, 0.29) is 11.8 Å². The average Bonchev–Trinajstić information content (AvgIpc) is 3.13. The molecule has 190 valence electrons. The number of aromatic amines is 1. The van der Waals surface area contributed by atoms with Gasteiger partial charge in [-0.2, -0.15) is 11.8 Å². The first kappa shape index (κ1) is 28.5. The van der Waals surface area contributed by atoms with Crippen LogP contribution in [0.4, 0.5) is 0 Å². The molecular formula is C28H40N4O2S. The molecule has 1 aliphatic rings. The van der Waals surface area contributed by atoms with Crippen molar-refractivity contribution in [2.45, 2.75) is 34.6 Å². The van der Waals surface area contributed by atoms with E-state index >= 15 is 0 Å². The van der Waals surface area contributed by atoms with Gasteiger partial charge in [0.05, 0.1) is 5.56 Å². The summed E-state index contributed by atoms with van der Waals surface area (Å²) in [5, 5.41) is 2.80. The van der Waals surface area contributed by atoms with Crippen LogP contribution in [0.5, 0.6) is 0 Å². The lowest BCUT2D eigenvalue weighted by Gasteiger charge is -2.32. The van der Waals surface area contributed by atoms with Gasteiger partial charge in [0.25, 0.3) is 11.8 Å². The Labute approximate surface area is 214 Å². The molecule has 1 aromatic heterocycles. The Morgan fingerprint density at radius 3 is 2.40 bits per heavy atom. The summed E-state index contributed by atoms with van der Waals surface area (Å²) in [6.07, 6.45) is 15.4. The van der Waals surface area contributed by atoms with Crippen molar-refractivity contribution in [3.63, 3.8) is 0 Å². The summed E-state index contributed by atoms with van der Waals surface area (Å²) in [4.78, 5) is 33.6. The van der Waals surface area contributed by atoms with E-state index in [4.69, 9.17) is 0 Å². The van der Waals surface area contributed by atoms with E-state index < -0.39 is 0 Å². The third-order valence-electron chi connectivity index (χ3n) is 5.96. The highest BCUT2D eigenvalue weighted by atomic mass is 32.2. The van der Waals surface area contributed by atoms with E-state index in [1.807, 2.05) is 63.8 Å². The number of nitrogens with zero attached hydrogens (tertiary/aromatic N) is 2. The molecule has 2 amide bonds. The summed E-state index contributed by atoms with van der Waals surface area (Å²) < 4.78 is 0. The summed E-state index contributed by atoms with van der Waals surface area (Å²) >= 11 is 1.79. The van der Waals surface area contributed by atoms with Crippen LogP contribution in [0.25, 0.3) is 6.08 Å². The maximum absolute atomic E-state index is 13.2. The number of carbonyl (C=O) groups excluding carboxylic acids is 2. The maximum Gasteiger partial charge on any atom is 0.256 e. The molecule has 0 unspecified atom stereocenters. The Bertz CT molecular complexity index is 1020. The number of hydrogen-bond donors (Lipinski definition) is 2. The molecule has 0 bridgehead atoms. The summed E-state index contributed by atoms with van der Waals surface area (Å²) in [6.45, 7) is 13.0. The van der Waals surface area contributed by atoms with Gasteiger partial charge in [-0.25, -0.2) is 0 Å². The molecule has 0 atom stereocenters. The molecule has 2 rings (SSSR count). The smallest absolute Gasteiger partial charge is 0.256 e. The van der Waals surface area contributed by atoms with E-state index in [1.54, 1.807) is 24.0 Å². The second kappa shape index (κ2) is 14.6. The third kappa shape index (κ3) is 8.44. The molecule has 0 spiro atoms. The van der Waals surface area contributed by atoms with Crippen LogP contribution in [0.3, 0.4) is 0 Å². The van der Waals surface area contributed by atoms with Gasteiger partial charge >= 0.3 is 0 Å². The summed E-state index contributed by atoms with van der Waals surface area (Å²) in [6, 6.07) is 0. The first-order valence-electron chi connectivity index (χ1n) is 12.1. The van der Waals surface area contributed by atoms with E-state index in [9.17, 15) is 9.59 Å². The number of H-pyrrole nitrogens is 1. The molecule has 0 aromatic carbocycles. The number of aryl methyl sites for hydroxylation is 1. The molecule has 6 nitrogen and oxygen atoms in total. The Hall–Kier alpha value is -2.77. The Morgan fingerprint density at radius 1 is 1.06 bits per heavy atom. The van der Waals surface area contributed by atoms with Gasteiger partial charge < -0.3 is 20.1 Å². The zero-order valence-electron chi connectivity index (χ0n) is 22.0. The second-order valence-electron chi connectivity index (χ2n) is 8.61. The minimum absolute atomic E-state index is 0.0526. The van der Waals surface area contributed by atoms with Gasteiger partial charge in [-0.1, -0.05) is 36.5 Å². The minimum Gasteiger partial charge on any atom is -0.358 e. The highest BCUT2D eigenvalue weighted by Gasteiger charge is 2.25. The fourth-order valence-corrected chi connectivity index (χ4v) is 4.70. The van der Waals surface area contributed by atoms with Gasteiger partial charge in [0.2, 0.25) is 0 Å². The molecule has 35 heavy (non-hydrogen) atoms. The van der Waals surface area contributed by atoms with E-state index in [0.29, 0.717) is 11.1 Å². The van der Waals surface area contributed by atoms with Crippen LogP contribution in [0.2, 0.25) is 0 Å². The van der Waals surface area contributed by atoms with Crippen LogP contribution >= 0.6 is 11.8 Å². The van der Waals surface area contributed by atoms with Crippen molar-refractivity contribution in [3.05, 3.63) is 76.3 Å². The third-order valence-corrected chi connectivity index (χ3v) is 6.92. The summed E-state index contributed by atoms with van der Waals surface area (Å²) in [7, 11) is 2.07. The van der Waals surface area contributed by atoms with Crippen molar-refractivity contribution < 1.29 is 9.59 Å². The van der Waals surface area contributed by atoms with Crippen LogP contribution in [-0.4, -0.2) is 71.3 Å². The molecule has 1 aromatic rings. The zero-order chi connectivity index (χ0) is 25.8. The highest BCUT2D eigenvalue weighted by Crippen LogP contribution is 2.23. The molecule has 0 saturated carbocycles. The van der Waals surface area contributed by atoms with Crippen LogP contribution in [0, 0.1) is 13.8 Å². The average molecular weight is 497 g/mol. The fourth-order valence-electron chi connectivity index (χ4n) is 3.86. The maximum atomic E-state index is 13.2. The number of nitrogens with one attached hydrogen (secondary N) is 2. The van der Waals surface area contributed by atoms with Gasteiger partial charge in [-0.15, -0.1) is 0 Å². The van der Waals surface area contributed by atoms with Crippen molar-refractivity contribution in [3.8, 4) is 0 Å². The standard InChI is InChI=1S/C28H40N4O2S/c1-7-11-23(9-3)20-35-18-10-12-24(27(33)29-13-8-2)19-25-21(4)26(22(5)30-25)28(34)32-16-14-31(6)15-17-32/h7-13,19,30H,14-18,20H2,1-6H3,(H,29,33)/b11-7-,12-10+,13-8+,23-9+,24-19-. The first-order valence-corrected chi connectivity index (χ1v) is 13.3.